The Kier molecular flexibility index (Phi) is 3.29. The highest BCUT2D eigenvalue weighted by Gasteiger charge is 2.08. The fourth-order valence-electron chi connectivity index (χ4n) is 1.54. The maximum absolute atomic E-state index is 11.7. The molecule has 0 aromatic carbocycles. The summed E-state index contributed by atoms with van der Waals surface area (Å²) in [5, 5.41) is 11.6. The second-order valence-corrected chi connectivity index (χ2v) is 3.85. The van der Waals surface area contributed by atoms with Gasteiger partial charge in [-0.25, -0.2) is 4.68 Å². The number of hydrogen-bond acceptors (Lipinski definition) is 5. The molecule has 2 aromatic rings. The molecular formula is C10H14N6O. The highest BCUT2D eigenvalue weighted by Crippen LogP contribution is 2.00. The van der Waals surface area contributed by atoms with E-state index in [0.29, 0.717) is 18.7 Å². The number of rotatable bonds is 5. The summed E-state index contributed by atoms with van der Waals surface area (Å²) in [6, 6.07) is 0. The number of nitrogens with zero attached hydrogens (tertiary/aromatic N) is 5. The van der Waals surface area contributed by atoms with Crippen molar-refractivity contribution in [3.63, 3.8) is 0 Å². The molecule has 0 unspecified atom stereocenters. The van der Waals surface area contributed by atoms with E-state index < -0.39 is 0 Å². The number of aromatic nitrogens is 5. The summed E-state index contributed by atoms with van der Waals surface area (Å²) in [5.41, 5.74) is 6.99. The molecule has 7 heteroatoms. The van der Waals surface area contributed by atoms with E-state index >= 15 is 0 Å². The van der Waals surface area contributed by atoms with Gasteiger partial charge in [-0.3, -0.25) is 9.48 Å². The lowest BCUT2D eigenvalue weighted by atomic mass is 10.2. The fourth-order valence-corrected chi connectivity index (χ4v) is 1.54. The van der Waals surface area contributed by atoms with Crippen molar-refractivity contribution >= 4 is 5.78 Å². The van der Waals surface area contributed by atoms with Crippen LogP contribution in [0.5, 0.6) is 0 Å². The number of carbonyl (C=O) groups is 1. The predicted molar refractivity (Wildman–Crippen MR) is 59.8 cm³/mol. The summed E-state index contributed by atoms with van der Waals surface area (Å²) in [7, 11) is 1.82. The molecule has 2 rings (SSSR count). The third kappa shape index (κ3) is 2.97. The molecule has 2 N–H and O–H groups in total. The van der Waals surface area contributed by atoms with Crippen LogP contribution in [0.3, 0.4) is 0 Å². The molecule has 0 saturated carbocycles. The van der Waals surface area contributed by atoms with E-state index in [1.165, 1.54) is 4.68 Å². The van der Waals surface area contributed by atoms with Gasteiger partial charge in [0.15, 0.2) is 5.78 Å². The third-order valence-electron chi connectivity index (χ3n) is 2.29. The van der Waals surface area contributed by atoms with Gasteiger partial charge in [0.1, 0.15) is 6.54 Å². The standard InChI is InChI=1S/C10H14N6O/c1-15-5-8(4-12-15)2-10(17)7-16-6-9(3-11)13-14-16/h4-6H,2-3,7,11H2,1H3. The molecule has 17 heavy (non-hydrogen) atoms. The van der Waals surface area contributed by atoms with Crippen LogP contribution in [0.2, 0.25) is 0 Å². The molecule has 2 aromatic heterocycles. The van der Waals surface area contributed by atoms with Crippen molar-refractivity contribution in [2.75, 3.05) is 0 Å². The summed E-state index contributed by atoms with van der Waals surface area (Å²) >= 11 is 0. The Bertz CT molecular complexity index is 514. The van der Waals surface area contributed by atoms with Crippen LogP contribution in [-0.2, 0) is 31.4 Å². The summed E-state index contributed by atoms with van der Waals surface area (Å²) in [6.07, 6.45) is 5.54. The Morgan fingerprint density at radius 3 is 2.88 bits per heavy atom. The molecule has 0 aliphatic rings. The minimum atomic E-state index is 0.0615. The van der Waals surface area contributed by atoms with Gasteiger partial charge in [-0.2, -0.15) is 5.10 Å². The minimum Gasteiger partial charge on any atom is -0.325 e. The summed E-state index contributed by atoms with van der Waals surface area (Å²) in [6.45, 7) is 0.540. The summed E-state index contributed by atoms with van der Waals surface area (Å²) < 4.78 is 3.17. The topological polar surface area (TPSA) is 91.6 Å². The Balaban J connectivity index is 1.93. The van der Waals surface area contributed by atoms with Crippen molar-refractivity contribution in [3.05, 3.63) is 29.8 Å². The minimum absolute atomic E-state index is 0.0615. The van der Waals surface area contributed by atoms with Gasteiger partial charge >= 0.3 is 0 Å². The van der Waals surface area contributed by atoms with Gasteiger partial charge in [-0.15, -0.1) is 5.10 Å². The average molecular weight is 234 g/mol. The van der Waals surface area contributed by atoms with Crippen molar-refractivity contribution in [1.29, 1.82) is 0 Å². The highest BCUT2D eigenvalue weighted by atomic mass is 16.1. The molecule has 7 nitrogen and oxygen atoms in total. The van der Waals surface area contributed by atoms with Crippen LogP contribution in [0.4, 0.5) is 0 Å². The largest absolute Gasteiger partial charge is 0.325 e. The molecule has 0 aliphatic heterocycles. The van der Waals surface area contributed by atoms with Crippen LogP contribution < -0.4 is 5.73 Å². The number of hydrogen-bond donors (Lipinski definition) is 1. The quantitative estimate of drug-likeness (QED) is 0.737. The Hall–Kier alpha value is -2.02. The van der Waals surface area contributed by atoms with Crippen LogP contribution in [0.25, 0.3) is 0 Å². The van der Waals surface area contributed by atoms with E-state index in [2.05, 4.69) is 15.4 Å². The zero-order chi connectivity index (χ0) is 12.3. The van der Waals surface area contributed by atoms with E-state index in [9.17, 15) is 4.79 Å². The van der Waals surface area contributed by atoms with Crippen molar-refractivity contribution in [2.45, 2.75) is 19.5 Å². The molecule has 0 aliphatic carbocycles. The second-order valence-electron chi connectivity index (χ2n) is 3.85. The number of nitrogens with two attached hydrogens (primary N) is 1. The molecule has 0 atom stereocenters. The van der Waals surface area contributed by atoms with Gasteiger partial charge in [-0.1, -0.05) is 5.21 Å². The van der Waals surface area contributed by atoms with Gasteiger partial charge in [-0.05, 0) is 5.56 Å². The Morgan fingerprint density at radius 1 is 1.47 bits per heavy atom. The van der Waals surface area contributed by atoms with E-state index in [4.69, 9.17) is 5.73 Å². The van der Waals surface area contributed by atoms with Gasteiger partial charge in [0.25, 0.3) is 0 Å². The first-order valence-corrected chi connectivity index (χ1v) is 5.25. The molecule has 0 saturated heterocycles. The van der Waals surface area contributed by atoms with Crippen LogP contribution in [-0.4, -0.2) is 30.6 Å². The summed E-state index contributed by atoms with van der Waals surface area (Å²) in [4.78, 5) is 11.7. The Morgan fingerprint density at radius 2 is 2.29 bits per heavy atom. The lowest BCUT2D eigenvalue weighted by Gasteiger charge is -1.98. The SMILES string of the molecule is Cn1cc(CC(=O)Cn2cc(CN)nn2)cn1. The fraction of sp³-hybridized carbons (Fsp3) is 0.400. The molecule has 0 spiro atoms. The normalized spacial score (nSPS) is 10.7. The Labute approximate surface area is 98.2 Å². The highest BCUT2D eigenvalue weighted by molar-refractivity contribution is 5.80. The van der Waals surface area contributed by atoms with Gasteiger partial charge in [0.05, 0.1) is 18.1 Å². The predicted octanol–water partition coefficient (Wildman–Crippen LogP) is -0.718. The summed E-state index contributed by atoms with van der Waals surface area (Å²) in [5.74, 6) is 0.0615. The lowest BCUT2D eigenvalue weighted by Crippen LogP contribution is -2.12. The lowest BCUT2D eigenvalue weighted by molar-refractivity contribution is -0.119. The first kappa shape index (κ1) is 11.5. The smallest absolute Gasteiger partial charge is 0.158 e. The van der Waals surface area contributed by atoms with Crippen LogP contribution in [0, 0.1) is 0 Å². The monoisotopic (exact) mass is 234 g/mol. The molecule has 0 fully saturated rings. The van der Waals surface area contributed by atoms with Gasteiger partial charge in [0, 0.05) is 26.2 Å². The van der Waals surface area contributed by atoms with Crippen LogP contribution in [0.1, 0.15) is 11.3 Å². The molecule has 0 bridgehead atoms. The van der Waals surface area contributed by atoms with Crippen LogP contribution >= 0.6 is 0 Å². The third-order valence-corrected chi connectivity index (χ3v) is 2.29. The van der Waals surface area contributed by atoms with E-state index in [1.54, 1.807) is 17.1 Å². The van der Waals surface area contributed by atoms with Crippen molar-refractivity contribution < 1.29 is 4.79 Å². The van der Waals surface area contributed by atoms with E-state index in [1.807, 2.05) is 13.2 Å². The van der Waals surface area contributed by atoms with Gasteiger partial charge in [0.2, 0.25) is 0 Å². The van der Waals surface area contributed by atoms with Gasteiger partial charge < -0.3 is 5.73 Å². The van der Waals surface area contributed by atoms with E-state index in [-0.39, 0.29) is 12.3 Å². The molecule has 0 radical (unpaired) electrons. The first-order chi connectivity index (χ1) is 8.17. The first-order valence-electron chi connectivity index (χ1n) is 5.25. The molecule has 0 amide bonds. The van der Waals surface area contributed by atoms with Crippen molar-refractivity contribution in [3.8, 4) is 0 Å². The zero-order valence-corrected chi connectivity index (χ0v) is 9.58. The molecular weight excluding hydrogens is 220 g/mol. The van der Waals surface area contributed by atoms with E-state index in [0.717, 1.165) is 5.56 Å². The van der Waals surface area contributed by atoms with Crippen molar-refractivity contribution in [1.82, 2.24) is 24.8 Å². The number of ketones is 1. The second kappa shape index (κ2) is 4.88. The molecule has 2 heterocycles. The maximum atomic E-state index is 11.7. The number of Topliss-reactive ketones (excluding diaryl/α,β-unsaturated/α-hetero) is 1. The average Bonchev–Trinajstić information content (AvgIpc) is 2.88. The van der Waals surface area contributed by atoms with Crippen molar-refractivity contribution in [2.24, 2.45) is 12.8 Å². The molecule has 90 valence electrons. The zero-order valence-electron chi connectivity index (χ0n) is 9.58. The number of aryl methyl sites for hydroxylation is 1. The number of carbonyl (C=O) groups excluding carboxylic acids is 1. The maximum Gasteiger partial charge on any atom is 0.158 e. The van der Waals surface area contributed by atoms with Crippen LogP contribution in [0.15, 0.2) is 18.6 Å².